The van der Waals surface area contributed by atoms with E-state index in [2.05, 4.69) is 4.90 Å². The first-order valence-electron chi connectivity index (χ1n) is 12.5. The number of fused-ring (bicyclic) bond motifs is 1. The predicted molar refractivity (Wildman–Crippen MR) is 140 cm³/mol. The van der Waals surface area contributed by atoms with Gasteiger partial charge in [0.15, 0.2) is 0 Å². The number of hydrogen-bond acceptors (Lipinski definition) is 4. The Kier molecular flexibility index (Phi) is 6.86. The maximum Gasteiger partial charge on any atom is 0.416 e. The van der Waals surface area contributed by atoms with Gasteiger partial charge in [0.05, 0.1) is 43.7 Å². The fourth-order valence-electron chi connectivity index (χ4n) is 5.61. The van der Waals surface area contributed by atoms with Crippen LogP contribution in [0.15, 0.2) is 60.7 Å². The van der Waals surface area contributed by atoms with Gasteiger partial charge < -0.3 is 19.3 Å². The van der Waals surface area contributed by atoms with Crippen molar-refractivity contribution in [1.29, 1.82) is 0 Å². The van der Waals surface area contributed by atoms with Crippen LogP contribution in [-0.4, -0.2) is 44.3 Å². The summed E-state index contributed by atoms with van der Waals surface area (Å²) in [6.07, 6.45) is -3.80. The van der Waals surface area contributed by atoms with Crippen LogP contribution in [0.3, 0.4) is 0 Å². The molecule has 0 saturated carbocycles. The van der Waals surface area contributed by atoms with Crippen molar-refractivity contribution in [1.82, 2.24) is 4.90 Å². The van der Waals surface area contributed by atoms with E-state index in [9.17, 15) is 18.0 Å². The van der Waals surface area contributed by atoms with Gasteiger partial charge in [0.2, 0.25) is 0 Å². The predicted octanol–water partition coefficient (Wildman–Crippen LogP) is 6.25. The number of urea groups is 1. The number of aryl methyl sites for hydroxylation is 1. The maximum absolute atomic E-state index is 14.0. The Balaban J connectivity index is 1.49. The van der Waals surface area contributed by atoms with Crippen LogP contribution in [0.5, 0.6) is 11.5 Å². The normalized spacial score (nSPS) is 17.6. The second-order valence-electron chi connectivity index (χ2n) is 9.63. The Morgan fingerprint density at radius 1 is 0.921 bits per heavy atom. The van der Waals surface area contributed by atoms with Crippen LogP contribution < -0.4 is 19.3 Å². The lowest BCUT2D eigenvalue weighted by Gasteiger charge is -2.41. The molecule has 2 aliphatic rings. The average molecular weight is 526 g/mol. The average Bonchev–Trinajstić information content (AvgIpc) is 3.38. The Bertz CT molecular complexity index is 1340. The monoisotopic (exact) mass is 525 g/mol. The number of carbonyl (C=O) groups is 1. The Morgan fingerprint density at radius 3 is 2.32 bits per heavy atom. The lowest BCUT2D eigenvalue weighted by molar-refractivity contribution is -0.138. The lowest BCUT2D eigenvalue weighted by Crippen LogP contribution is -2.52. The first-order chi connectivity index (χ1) is 18.2. The van der Waals surface area contributed by atoms with Crippen molar-refractivity contribution in [3.63, 3.8) is 0 Å². The summed E-state index contributed by atoms with van der Waals surface area (Å²) in [7, 11) is 3.14. The molecule has 0 N–H and O–H groups in total. The topological polar surface area (TPSA) is 45.2 Å². The van der Waals surface area contributed by atoms with E-state index in [1.807, 2.05) is 37.3 Å². The van der Waals surface area contributed by atoms with Crippen LogP contribution in [0.4, 0.5) is 29.3 Å². The van der Waals surface area contributed by atoms with E-state index >= 15 is 0 Å². The van der Waals surface area contributed by atoms with Gasteiger partial charge in [-0.3, -0.25) is 4.90 Å². The lowest BCUT2D eigenvalue weighted by atomic mass is 10.0. The Hall–Kier alpha value is -3.88. The van der Waals surface area contributed by atoms with Gasteiger partial charge in [-0.05, 0) is 48.2 Å². The molecule has 0 radical (unpaired) electrons. The standard InChI is InChI=1S/C29H30F3N3O3/c1-19-8-6-12-24(37-2)26(19)33-15-14-22(18-33)34-17-21-10-7-13-25(38-3)27(21)35(28(34)36)16-20-9-4-5-11-23(20)29(30,31)32/h4-13,22H,14-18H2,1-3H3/t22-/m1/s1. The zero-order valence-corrected chi connectivity index (χ0v) is 21.6. The third-order valence-electron chi connectivity index (χ3n) is 7.38. The molecule has 1 fully saturated rings. The van der Waals surface area contributed by atoms with Crippen molar-refractivity contribution < 1.29 is 27.4 Å². The van der Waals surface area contributed by atoms with Gasteiger partial charge in [0.25, 0.3) is 0 Å². The molecule has 2 aliphatic heterocycles. The smallest absolute Gasteiger partial charge is 0.416 e. The summed E-state index contributed by atoms with van der Waals surface area (Å²) in [6.45, 7) is 3.49. The number of alkyl halides is 3. The van der Waals surface area contributed by atoms with Crippen molar-refractivity contribution in [3.05, 3.63) is 82.9 Å². The molecule has 0 unspecified atom stereocenters. The number of rotatable bonds is 6. The molecular formula is C29H30F3N3O3. The molecule has 0 bridgehead atoms. The first kappa shape index (κ1) is 25.8. The number of methoxy groups -OCH3 is 2. The molecule has 0 spiro atoms. The van der Waals surface area contributed by atoms with Crippen LogP contribution in [0.25, 0.3) is 0 Å². The number of nitrogens with zero attached hydrogens (tertiary/aromatic N) is 3. The number of amides is 2. The van der Waals surface area contributed by atoms with Gasteiger partial charge in [0.1, 0.15) is 11.5 Å². The van der Waals surface area contributed by atoms with Crippen LogP contribution >= 0.6 is 0 Å². The number of benzene rings is 3. The number of carbonyl (C=O) groups excluding carboxylic acids is 1. The Labute approximate surface area is 220 Å². The minimum absolute atomic E-state index is 0.0322. The molecule has 1 atom stereocenters. The fraction of sp³-hybridized carbons (Fsp3) is 0.345. The van der Waals surface area contributed by atoms with Crippen molar-refractivity contribution >= 4 is 17.4 Å². The highest BCUT2D eigenvalue weighted by atomic mass is 19.4. The highest BCUT2D eigenvalue weighted by Gasteiger charge is 2.41. The van der Waals surface area contributed by atoms with Crippen molar-refractivity contribution in [2.24, 2.45) is 0 Å². The summed E-state index contributed by atoms with van der Waals surface area (Å²) >= 11 is 0. The van der Waals surface area contributed by atoms with Crippen LogP contribution in [0.1, 0.15) is 28.7 Å². The largest absolute Gasteiger partial charge is 0.495 e. The molecule has 200 valence electrons. The molecule has 2 amide bonds. The van der Waals surface area contributed by atoms with E-state index in [-0.39, 0.29) is 24.2 Å². The molecule has 0 aliphatic carbocycles. The van der Waals surface area contributed by atoms with Crippen molar-refractivity contribution in [3.8, 4) is 11.5 Å². The van der Waals surface area contributed by atoms with E-state index in [4.69, 9.17) is 9.47 Å². The highest BCUT2D eigenvalue weighted by Crippen LogP contribution is 2.42. The van der Waals surface area contributed by atoms with E-state index in [0.717, 1.165) is 41.6 Å². The molecule has 5 rings (SSSR count). The number of ether oxygens (including phenoxy) is 2. The number of anilines is 2. The highest BCUT2D eigenvalue weighted by molar-refractivity contribution is 5.97. The third-order valence-corrected chi connectivity index (χ3v) is 7.38. The van der Waals surface area contributed by atoms with Crippen molar-refractivity contribution in [2.75, 3.05) is 37.1 Å². The molecule has 2 heterocycles. The number of para-hydroxylation sites is 2. The minimum atomic E-state index is -4.53. The molecular weight excluding hydrogens is 495 g/mol. The van der Waals surface area contributed by atoms with E-state index < -0.39 is 11.7 Å². The summed E-state index contributed by atoms with van der Waals surface area (Å²) in [6, 6.07) is 16.3. The number of halogens is 3. The van der Waals surface area contributed by atoms with Gasteiger partial charge in [0, 0.05) is 19.6 Å². The molecule has 9 heteroatoms. The Morgan fingerprint density at radius 2 is 1.61 bits per heavy atom. The van der Waals surface area contributed by atoms with Gasteiger partial charge in [-0.25, -0.2) is 4.79 Å². The second-order valence-corrected chi connectivity index (χ2v) is 9.63. The molecule has 38 heavy (non-hydrogen) atoms. The van der Waals surface area contributed by atoms with Crippen molar-refractivity contribution in [2.45, 2.75) is 38.7 Å². The third kappa shape index (κ3) is 4.61. The van der Waals surface area contributed by atoms with Crippen LogP contribution in [0.2, 0.25) is 0 Å². The summed E-state index contributed by atoms with van der Waals surface area (Å²) in [5.41, 5.74) is 2.71. The summed E-state index contributed by atoms with van der Waals surface area (Å²) in [4.78, 5) is 19.4. The second kappa shape index (κ2) is 10.1. The van der Waals surface area contributed by atoms with E-state index in [1.165, 1.54) is 24.1 Å². The summed E-state index contributed by atoms with van der Waals surface area (Å²) in [5.74, 6) is 1.23. The van der Waals surface area contributed by atoms with Crippen LogP contribution in [0, 0.1) is 6.92 Å². The first-order valence-corrected chi connectivity index (χ1v) is 12.5. The van der Waals surface area contributed by atoms with Crippen LogP contribution in [-0.2, 0) is 19.3 Å². The van der Waals surface area contributed by atoms with E-state index in [0.29, 0.717) is 24.5 Å². The quantitative estimate of drug-likeness (QED) is 0.382. The molecule has 6 nitrogen and oxygen atoms in total. The van der Waals surface area contributed by atoms with Gasteiger partial charge in [-0.15, -0.1) is 0 Å². The molecule has 1 saturated heterocycles. The molecule has 0 aromatic heterocycles. The minimum Gasteiger partial charge on any atom is -0.495 e. The zero-order valence-electron chi connectivity index (χ0n) is 21.6. The zero-order chi connectivity index (χ0) is 27.0. The van der Waals surface area contributed by atoms with Gasteiger partial charge in [-0.2, -0.15) is 13.2 Å². The molecule has 3 aromatic rings. The number of hydrogen-bond donors (Lipinski definition) is 0. The SMILES string of the molecule is COc1cccc(C)c1N1CC[C@@H](N2Cc3cccc(OC)c3N(Cc3ccccc3C(F)(F)F)C2=O)C1. The van der Waals surface area contributed by atoms with E-state index in [1.54, 1.807) is 24.1 Å². The summed E-state index contributed by atoms with van der Waals surface area (Å²) < 4.78 is 52.6. The fourth-order valence-corrected chi connectivity index (χ4v) is 5.61. The van der Waals surface area contributed by atoms with Gasteiger partial charge in [-0.1, -0.05) is 42.5 Å². The summed E-state index contributed by atoms with van der Waals surface area (Å²) in [5, 5.41) is 0. The van der Waals surface area contributed by atoms with Gasteiger partial charge >= 0.3 is 12.2 Å². The molecule has 3 aromatic carbocycles. The maximum atomic E-state index is 14.0.